The van der Waals surface area contributed by atoms with Gasteiger partial charge in [-0.2, -0.15) is 0 Å². The monoisotopic (exact) mass is 309 g/mol. The Morgan fingerprint density at radius 3 is 2.94 bits per heavy atom. The third-order valence-corrected chi connectivity index (χ3v) is 4.33. The molecule has 2 aliphatic rings. The number of benzene rings is 1. The maximum Gasteiger partial charge on any atom is 0.324 e. The number of fused-ring (bicyclic) bond motifs is 1. The summed E-state index contributed by atoms with van der Waals surface area (Å²) in [6.07, 6.45) is 1.03. The smallest absolute Gasteiger partial charge is 0.319 e. The zero-order valence-corrected chi connectivity index (χ0v) is 11.7. The molecule has 1 aromatic carbocycles. The summed E-state index contributed by atoms with van der Waals surface area (Å²) >= 11 is 3.52. The van der Waals surface area contributed by atoms with Crippen LogP contribution in [0.3, 0.4) is 0 Å². The van der Waals surface area contributed by atoms with Crippen LogP contribution in [0.5, 0.6) is 0 Å². The second-order valence-electron chi connectivity index (χ2n) is 4.73. The Morgan fingerprint density at radius 1 is 1.28 bits per heavy atom. The Morgan fingerprint density at radius 2 is 2.11 bits per heavy atom. The van der Waals surface area contributed by atoms with E-state index in [0.717, 1.165) is 42.8 Å². The van der Waals surface area contributed by atoms with Gasteiger partial charge in [0, 0.05) is 36.7 Å². The van der Waals surface area contributed by atoms with E-state index in [9.17, 15) is 4.79 Å². The second kappa shape index (κ2) is 4.90. The molecule has 0 radical (unpaired) electrons. The van der Waals surface area contributed by atoms with Crippen molar-refractivity contribution < 1.29 is 4.79 Å². The molecule has 0 aromatic heterocycles. The van der Waals surface area contributed by atoms with Gasteiger partial charge in [0.05, 0.1) is 5.69 Å². The molecule has 1 atom stereocenters. The Kier molecular flexibility index (Phi) is 3.26. The van der Waals surface area contributed by atoms with Crippen LogP contribution in [-0.4, -0.2) is 43.2 Å². The zero-order chi connectivity index (χ0) is 12.5. The molecule has 1 N–H and O–H groups in total. The maximum absolute atomic E-state index is 12.5. The minimum absolute atomic E-state index is 0.139. The molecule has 0 aliphatic carbocycles. The number of carbonyl (C=O) groups excluding carboxylic acids is 1. The molecule has 0 bridgehead atoms. The summed E-state index contributed by atoms with van der Waals surface area (Å²) in [5.74, 6) is 0. The summed E-state index contributed by atoms with van der Waals surface area (Å²) in [5, 5.41) is 3.35. The summed E-state index contributed by atoms with van der Waals surface area (Å²) in [5.41, 5.74) is 0.972. The van der Waals surface area contributed by atoms with Gasteiger partial charge in [-0.15, -0.1) is 0 Å². The van der Waals surface area contributed by atoms with E-state index in [0.29, 0.717) is 6.04 Å². The Labute approximate surface area is 115 Å². The summed E-state index contributed by atoms with van der Waals surface area (Å²) in [6.45, 7) is 3.43. The first kappa shape index (κ1) is 12.0. The lowest BCUT2D eigenvalue weighted by atomic mass is 10.1. The zero-order valence-electron chi connectivity index (χ0n) is 10.1. The number of urea groups is 1. The number of carbonyl (C=O) groups is 1. The summed E-state index contributed by atoms with van der Waals surface area (Å²) < 4.78 is 0.979. The van der Waals surface area contributed by atoms with Crippen LogP contribution < -0.4 is 10.2 Å². The predicted molar refractivity (Wildman–Crippen MR) is 74.9 cm³/mol. The standard InChI is InChI=1S/C13H16BrN3O/c14-11-3-1-2-4-12(11)17-7-5-10-9-15-6-8-16(10)13(17)18/h1-4,10,15H,5-9H2. The van der Waals surface area contributed by atoms with Crippen LogP contribution in [0.25, 0.3) is 0 Å². The van der Waals surface area contributed by atoms with Gasteiger partial charge in [-0.05, 0) is 34.5 Å². The van der Waals surface area contributed by atoms with Crippen LogP contribution in [0.1, 0.15) is 6.42 Å². The first-order valence-corrected chi connectivity index (χ1v) is 7.10. The van der Waals surface area contributed by atoms with E-state index >= 15 is 0 Å². The highest BCUT2D eigenvalue weighted by atomic mass is 79.9. The normalized spacial score (nSPS) is 24.1. The van der Waals surface area contributed by atoms with Gasteiger partial charge in [-0.1, -0.05) is 12.1 Å². The van der Waals surface area contributed by atoms with Crippen molar-refractivity contribution in [2.45, 2.75) is 12.5 Å². The molecular weight excluding hydrogens is 294 g/mol. The van der Waals surface area contributed by atoms with Crippen molar-refractivity contribution in [1.82, 2.24) is 10.2 Å². The van der Waals surface area contributed by atoms with Gasteiger partial charge < -0.3 is 10.2 Å². The number of amides is 2. The van der Waals surface area contributed by atoms with E-state index in [1.165, 1.54) is 0 Å². The molecule has 0 spiro atoms. The number of nitrogens with zero attached hydrogens (tertiary/aromatic N) is 2. The summed E-state index contributed by atoms with van der Waals surface area (Å²) in [4.78, 5) is 16.4. The van der Waals surface area contributed by atoms with Crippen molar-refractivity contribution in [3.8, 4) is 0 Å². The van der Waals surface area contributed by atoms with Crippen molar-refractivity contribution in [2.24, 2.45) is 0 Å². The number of rotatable bonds is 1. The number of piperazine rings is 1. The van der Waals surface area contributed by atoms with Gasteiger partial charge >= 0.3 is 6.03 Å². The van der Waals surface area contributed by atoms with Gasteiger partial charge in [-0.3, -0.25) is 4.90 Å². The molecule has 2 heterocycles. The average Bonchev–Trinajstić information content (AvgIpc) is 2.41. The molecule has 18 heavy (non-hydrogen) atoms. The molecular formula is C13H16BrN3O. The Hall–Kier alpha value is -1.07. The van der Waals surface area contributed by atoms with E-state index in [2.05, 4.69) is 21.2 Å². The minimum atomic E-state index is 0.139. The fourth-order valence-corrected chi connectivity index (χ4v) is 3.19. The van der Waals surface area contributed by atoms with Gasteiger partial charge in [0.2, 0.25) is 0 Å². The van der Waals surface area contributed by atoms with E-state index < -0.39 is 0 Å². The topological polar surface area (TPSA) is 35.6 Å². The van der Waals surface area contributed by atoms with E-state index in [-0.39, 0.29) is 6.03 Å². The fraction of sp³-hybridized carbons (Fsp3) is 0.462. The van der Waals surface area contributed by atoms with Gasteiger partial charge in [0.1, 0.15) is 0 Å². The minimum Gasteiger partial charge on any atom is -0.319 e. The third kappa shape index (κ3) is 2.01. The molecule has 2 amide bonds. The van der Waals surface area contributed by atoms with Crippen molar-refractivity contribution in [3.63, 3.8) is 0 Å². The maximum atomic E-state index is 12.5. The molecule has 1 aromatic rings. The number of hydrogen-bond acceptors (Lipinski definition) is 2. The lowest BCUT2D eigenvalue weighted by Gasteiger charge is -2.44. The predicted octanol–water partition coefficient (Wildman–Crippen LogP) is 2.05. The molecule has 3 rings (SSSR count). The molecule has 2 aliphatic heterocycles. The molecule has 4 nitrogen and oxygen atoms in total. The second-order valence-corrected chi connectivity index (χ2v) is 5.58. The molecule has 2 fully saturated rings. The van der Waals surface area contributed by atoms with Gasteiger partial charge in [0.15, 0.2) is 0 Å². The highest BCUT2D eigenvalue weighted by Gasteiger charge is 2.35. The number of halogens is 1. The van der Waals surface area contributed by atoms with Crippen LogP contribution in [0.4, 0.5) is 10.5 Å². The molecule has 96 valence electrons. The van der Waals surface area contributed by atoms with Gasteiger partial charge in [0.25, 0.3) is 0 Å². The molecule has 1 unspecified atom stereocenters. The highest BCUT2D eigenvalue weighted by Crippen LogP contribution is 2.30. The van der Waals surface area contributed by atoms with Crippen LogP contribution in [0, 0.1) is 0 Å². The SMILES string of the molecule is O=C1N(c2ccccc2Br)CCC2CNCCN12. The Balaban J connectivity index is 1.86. The summed E-state index contributed by atoms with van der Waals surface area (Å²) in [6, 6.07) is 8.41. The first-order valence-electron chi connectivity index (χ1n) is 6.31. The first-order chi connectivity index (χ1) is 8.77. The lowest BCUT2D eigenvalue weighted by Crippen LogP contribution is -2.61. The van der Waals surface area contributed by atoms with Crippen LogP contribution >= 0.6 is 15.9 Å². The number of para-hydroxylation sites is 1. The number of nitrogens with one attached hydrogen (secondary N) is 1. The van der Waals surface area contributed by atoms with Crippen LogP contribution in [0.2, 0.25) is 0 Å². The third-order valence-electron chi connectivity index (χ3n) is 3.66. The van der Waals surface area contributed by atoms with E-state index in [1.807, 2.05) is 34.1 Å². The Bertz CT molecular complexity index is 465. The van der Waals surface area contributed by atoms with Crippen LogP contribution in [0.15, 0.2) is 28.7 Å². The quantitative estimate of drug-likeness (QED) is 0.862. The number of hydrogen-bond donors (Lipinski definition) is 1. The van der Waals surface area contributed by atoms with Crippen LogP contribution in [-0.2, 0) is 0 Å². The molecule has 5 heteroatoms. The van der Waals surface area contributed by atoms with E-state index in [4.69, 9.17) is 0 Å². The summed E-state index contributed by atoms with van der Waals surface area (Å²) in [7, 11) is 0. The van der Waals surface area contributed by atoms with Crippen molar-refractivity contribution in [2.75, 3.05) is 31.1 Å². The van der Waals surface area contributed by atoms with Crippen molar-refractivity contribution in [3.05, 3.63) is 28.7 Å². The fourth-order valence-electron chi connectivity index (χ4n) is 2.69. The average molecular weight is 310 g/mol. The van der Waals surface area contributed by atoms with Gasteiger partial charge in [-0.25, -0.2) is 4.79 Å². The van der Waals surface area contributed by atoms with Crippen molar-refractivity contribution in [1.29, 1.82) is 0 Å². The molecule has 2 saturated heterocycles. The van der Waals surface area contributed by atoms with E-state index in [1.54, 1.807) is 0 Å². The molecule has 0 saturated carbocycles. The lowest BCUT2D eigenvalue weighted by molar-refractivity contribution is 0.147. The highest BCUT2D eigenvalue weighted by molar-refractivity contribution is 9.10. The number of anilines is 1. The largest absolute Gasteiger partial charge is 0.324 e. The van der Waals surface area contributed by atoms with Crippen molar-refractivity contribution >= 4 is 27.6 Å².